The maximum absolute atomic E-state index is 11.9. The first kappa shape index (κ1) is 16.0. The number of aliphatic hydroxyl groups is 1. The van der Waals surface area contributed by atoms with E-state index in [1.54, 1.807) is 4.90 Å². The van der Waals surface area contributed by atoms with E-state index in [0.717, 1.165) is 38.8 Å². The molecule has 1 atom stereocenters. The van der Waals surface area contributed by atoms with Crippen molar-refractivity contribution in [3.05, 3.63) is 11.6 Å². The highest BCUT2D eigenvalue weighted by atomic mass is 16.6. The summed E-state index contributed by atoms with van der Waals surface area (Å²) in [6.45, 7) is 8.93. The second kappa shape index (κ2) is 6.94. The second-order valence-electron chi connectivity index (χ2n) is 6.26. The average Bonchev–Trinajstić information content (AvgIpc) is 2.27. The Labute approximate surface area is 116 Å². The summed E-state index contributed by atoms with van der Waals surface area (Å²) in [5, 5.41) is 9.21. The van der Waals surface area contributed by atoms with E-state index in [2.05, 4.69) is 6.08 Å². The van der Waals surface area contributed by atoms with E-state index in [9.17, 15) is 9.90 Å². The largest absolute Gasteiger partial charge is 0.444 e. The molecule has 0 saturated carbocycles. The van der Waals surface area contributed by atoms with Crippen molar-refractivity contribution in [1.29, 1.82) is 0 Å². The smallest absolute Gasteiger partial charge is 0.410 e. The lowest BCUT2D eigenvalue weighted by molar-refractivity contribution is 0.0236. The zero-order chi connectivity index (χ0) is 14.5. The molecule has 0 unspecified atom stereocenters. The van der Waals surface area contributed by atoms with E-state index in [0.29, 0.717) is 0 Å². The van der Waals surface area contributed by atoms with Crippen LogP contribution in [0.1, 0.15) is 53.4 Å². The number of hydrogen-bond donors (Lipinski definition) is 1. The molecule has 1 N–H and O–H groups in total. The predicted octanol–water partition coefficient (Wildman–Crippen LogP) is 3.10. The minimum absolute atomic E-state index is 0.212. The van der Waals surface area contributed by atoms with Crippen LogP contribution in [0.5, 0.6) is 0 Å². The average molecular weight is 269 g/mol. The van der Waals surface area contributed by atoms with Gasteiger partial charge in [0.25, 0.3) is 0 Å². The molecule has 1 rings (SSSR count). The summed E-state index contributed by atoms with van der Waals surface area (Å²) in [7, 11) is 0. The lowest BCUT2D eigenvalue weighted by atomic mass is 10.0. The molecule has 1 fully saturated rings. The van der Waals surface area contributed by atoms with Crippen LogP contribution < -0.4 is 0 Å². The van der Waals surface area contributed by atoms with Crippen molar-refractivity contribution < 1.29 is 14.6 Å². The molecule has 1 aliphatic rings. The van der Waals surface area contributed by atoms with Crippen LogP contribution in [0.15, 0.2) is 11.6 Å². The highest BCUT2D eigenvalue weighted by molar-refractivity contribution is 5.68. The number of hydrogen-bond acceptors (Lipinski definition) is 3. The monoisotopic (exact) mass is 269 g/mol. The molecule has 1 aliphatic heterocycles. The molecule has 1 heterocycles. The number of carbonyl (C=O) groups excluding carboxylic acids is 1. The highest BCUT2D eigenvalue weighted by Crippen LogP contribution is 2.19. The molecule has 4 heteroatoms. The first-order valence-electron chi connectivity index (χ1n) is 7.12. The molecule has 0 bridgehead atoms. The lowest BCUT2D eigenvalue weighted by Crippen LogP contribution is -2.40. The fourth-order valence-corrected chi connectivity index (χ4v) is 2.04. The van der Waals surface area contributed by atoms with Gasteiger partial charge >= 0.3 is 6.09 Å². The number of amides is 1. The van der Waals surface area contributed by atoms with Gasteiger partial charge in [-0.05, 0) is 53.4 Å². The number of carbonyl (C=O) groups is 1. The van der Waals surface area contributed by atoms with Gasteiger partial charge in [-0.3, -0.25) is 0 Å². The minimum Gasteiger partial charge on any atom is -0.444 e. The Morgan fingerprint density at radius 1 is 1.42 bits per heavy atom. The Hall–Kier alpha value is -1.03. The zero-order valence-corrected chi connectivity index (χ0v) is 12.6. The second-order valence-corrected chi connectivity index (χ2v) is 6.26. The van der Waals surface area contributed by atoms with Crippen LogP contribution in [0.3, 0.4) is 0 Å². The molecule has 0 aromatic carbocycles. The summed E-state index contributed by atoms with van der Waals surface area (Å²) in [5.74, 6) is 0. The summed E-state index contributed by atoms with van der Waals surface area (Å²) in [4.78, 5) is 13.6. The molecule has 0 aliphatic carbocycles. The van der Waals surface area contributed by atoms with E-state index in [-0.39, 0.29) is 12.2 Å². The summed E-state index contributed by atoms with van der Waals surface area (Å²) in [6, 6.07) is 0. The van der Waals surface area contributed by atoms with E-state index in [4.69, 9.17) is 4.74 Å². The topological polar surface area (TPSA) is 49.8 Å². The molecular weight excluding hydrogens is 242 g/mol. The van der Waals surface area contributed by atoms with E-state index >= 15 is 0 Å². The fourth-order valence-electron chi connectivity index (χ4n) is 2.04. The van der Waals surface area contributed by atoms with Gasteiger partial charge in [-0.15, -0.1) is 0 Å². The Bertz CT molecular complexity index is 319. The van der Waals surface area contributed by atoms with E-state index in [1.807, 2.05) is 27.7 Å². The lowest BCUT2D eigenvalue weighted by Gasteiger charge is -2.31. The third kappa shape index (κ3) is 6.62. The third-order valence-corrected chi connectivity index (χ3v) is 3.07. The van der Waals surface area contributed by atoms with Crippen molar-refractivity contribution in [3.8, 4) is 0 Å². The van der Waals surface area contributed by atoms with Crippen LogP contribution in [0, 0.1) is 0 Å². The molecule has 19 heavy (non-hydrogen) atoms. The molecular formula is C15H27NO3. The van der Waals surface area contributed by atoms with Crippen LogP contribution in [-0.4, -0.2) is 40.9 Å². The molecule has 0 spiro atoms. The SMILES string of the molecule is C[C@H](O)CCC=C1CCN(C(=O)OC(C)(C)C)CC1. The maximum atomic E-state index is 11.9. The number of allylic oxidation sites excluding steroid dienone is 1. The maximum Gasteiger partial charge on any atom is 0.410 e. The van der Waals surface area contributed by atoms with Gasteiger partial charge in [-0.2, -0.15) is 0 Å². The van der Waals surface area contributed by atoms with Gasteiger partial charge in [0.2, 0.25) is 0 Å². The molecule has 1 saturated heterocycles. The zero-order valence-electron chi connectivity index (χ0n) is 12.6. The van der Waals surface area contributed by atoms with Crippen molar-refractivity contribution in [2.75, 3.05) is 13.1 Å². The minimum atomic E-state index is -0.426. The van der Waals surface area contributed by atoms with Crippen molar-refractivity contribution in [2.45, 2.75) is 65.1 Å². The Balaban J connectivity index is 2.34. The van der Waals surface area contributed by atoms with Crippen molar-refractivity contribution in [2.24, 2.45) is 0 Å². The number of nitrogens with zero attached hydrogens (tertiary/aromatic N) is 1. The van der Waals surface area contributed by atoms with Gasteiger partial charge in [-0.1, -0.05) is 11.6 Å². The molecule has 0 aromatic heterocycles. The molecule has 4 nitrogen and oxygen atoms in total. The normalized spacial score (nSPS) is 18.2. The number of ether oxygens (including phenoxy) is 1. The van der Waals surface area contributed by atoms with Gasteiger partial charge in [0, 0.05) is 13.1 Å². The summed E-state index contributed by atoms with van der Waals surface area (Å²) in [6.07, 6.45) is 5.31. The van der Waals surface area contributed by atoms with Crippen molar-refractivity contribution in [3.63, 3.8) is 0 Å². The van der Waals surface area contributed by atoms with Gasteiger partial charge in [-0.25, -0.2) is 4.79 Å². The van der Waals surface area contributed by atoms with Crippen LogP contribution in [-0.2, 0) is 4.74 Å². The van der Waals surface area contributed by atoms with Crippen LogP contribution in [0.25, 0.3) is 0 Å². The standard InChI is InChI=1S/C15H27NO3/c1-12(17)6-5-7-13-8-10-16(11-9-13)14(18)19-15(2,3)4/h7,12,17H,5-6,8-11H2,1-4H3/t12-/m0/s1. The van der Waals surface area contributed by atoms with Crippen molar-refractivity contribution in [1.82, 2.24) is 4.90 Å². The quantitative estimate of drug-likeness (QED) is 0.801. The number of likely N-dealkylation sites (tertiary alicyclic amines) is 1. The number of piperidine rings is 1. The van der Waals surface area contributed by atoms with Gasteiger partial charge in [0.05, 0.1) is 6.10 Å². The predicted molar refractivity (Wildman–Crippen MR) is 76.0 cm³/mol. The molecule has 110 valence electrons. The Morgan fingerprint density at radius 2 is 2.00 bits per heavy atom. The Morgan fingerprint density at radius 3 is 2.47 bits per heavy atom. The molecule has 1 amide bonds. The molecule has 0 radical (unpaired) electrons. The summed E-state index contributed by atoms with van der Waals surface area (Å²) in [5.41, 5.74) is 0.963. The number of rotatable bonds is 3. The van der Waals surface area contributed by atoms with Gasteiger partial charge < -0.3 is 14.7 Å². The van der Waals surface area contributed by atoms with Crippen LogP contribution in [0.4, 0.5) is 4.79 Å². The molecule has 0 aromatic rings. The third-order valence-electron chi connectivity index (χ3n) is 3.07. The highest BCUT2D eigenvalue weighted by Gasteiger charge is 2.24. The number of aliphatic hydroxyl groups excluding tert-OH is 1. The van der Waals surface area contributed by atoms with Gasteiger partial charge in [0.1, 0.15) is 5.60 Å². The van der Waals surface area contributed by atoms with Crippen molar-refractivity contribution >= 4 is 6.09 Å². The van der Waals surface area contributed by atoms with E-state index < -0.39 is 5.60 Å². The fraction of sp³-hybridized carbons (Fsp3) is 0.800. The van der Waals surface area contributed by atoms with Crippen LogP contribution >= 0.6 is 0 Å². The Kier molecular flexibility index (Phi) is 5.85. The van der Waals surface area contributed by atoms with Gasteiger partial charge in [0.15, 0.2) is 0 Å². The summed E-state index contributed by atoms with van der Waals surface area (Å²) >= 11 is 0. The van der Waals surface area contributed by atoms with Crippen LogP contribution in [0.2, 0.25) is 0 Å². The first-order chi connectivity index (χ1) is 8.78. The summed E-state index contributed by atoms with van der Waals surface area (Å²) < 4.78 is 5.36. The van der Waals surface area contributed by atoms with E-state index in [1.165, 1.54) is 5.57 Å². The first-order valence-corrected chi connectivity index (χ1v) is 7.12.